The summed E-state index contributed by atoms with van der Waals surface area (Å²) in [7, 11) is -2.73. The molecule has 0 fully saturated rings. The van der Waals surface area contributed by atoms with Crippen molar-refractivity contribution in [2.24, 2.45) is 0 Å². The normalized spacial score (nSPS) is 20.1. The molecule has 1 amide bonds. The number of nitrogens with one attached hydrogen (secondary N) is 1. The van der Waals surface area contributed by atoms with Gasteiger partial charge in [-0.3, -0.25) is 9.36 Å². The van der Waals surface area contributed by atoms with Gasteiger partial charge in [-0.1, -0.05) is 0 Å². The molecule has 0 radical (unpaired) electrons. The van der Waals surface area contributed by atoms with Crippen LogP contribution in [0.3, 0.4) is 0 Å². The molecule has 0 aliphatic carbocycles. The second kappa shape index (κ2) is 4.72. The van der Waals surface area contributed by atoms with Crippen LogP contribution in [-0.4, -0.2) is 34.9 Å². The van der Waals surface area contributed by atoms with Gasteiger partial charge in [-0.15, -0.1) is 0 Å². The van der Waals surface area contributed by atoms with Crippen LogP contribution in [0.2, 0.25) is 0 Å². The van der Waals surface area contributed by atoms with Gasteiger partial charge in [0.25, 0.3) is 0 Å². The molecule has 78 valence electrons. The predicted octanol–water partition coefficient (Wildman–Crippen LogP) is -0.339. The predicted molar refractivity (Wildman–Crippen MR) is 46.1 cm³/mol. The molecule has 0 aliphatic heterocycles. The zero-order valence-corrected chi connectivity index (χ0v) is 8.62. The summed E-state index contributed by atoms with van der Waals surface area (Å²) in [4.78, 5) is 19.9. The van der Waals surface area contributed by atoms with E-state index in [4.69, 9.17) is 10.00 Å². The highest BCUT2D eigenvalue weighted by atomic mass is 31.2. The number of carbonyl (C=O) groups excluding carboxylic acids is 1. The summed E-state index contributed by atoms with van der Waals surface area (Å²) < 4.78 is 15.4. The van der Waals surface area contributed by atoms with E-state index in [1.54, 1.807) is 0 Å². The van der Waals surface area contributed by atoms with Crippen molar-refractivity contribution in [1.29, 1.82) is 0 Å². The van der Waals surface area contributed by atoms with Gasteiger partial charge in [0, 0.05) is 7.11 Å². The molecule has 3 N–H and O–H groups in total. The van der Waals surface area contributed by atoms with Crippen molar-refractivity contribution in [1.82, 2.24) is 5.32 Å². The zero-order valence-electron chi connectivity index (χ0n) is 7.72. The molecule has 0 rings (SSSR count). The Balaban J connectivity index is 4.24. The third-order valence-electron chi connectivity index (χ3n) is 1.48. The summed E-state index contributed by atoms with van der Waals surface area (Å²) in [6.45, 7) is 2.59. The minimum Gasteiger partial charge on any atom is -0.384 e. The first-order valence-electron chi connectivity index (χ1n) is 3.68. The first-order valence-corrected chi connectivity index (χ1v) is 5.32. The number of hydrogen-bond donors (Lipinski definition) is 3. The Morgan fingerprint density at radius 2 is 2.00 bits per heavy atom. The topological polar surface area (TPSA) is 95.9 Å². The summed E-state index contributed by atoms with van der Waals surface area (Å²) >= 11 is 0. The second-order valence-corrected chi connectivity index (χ2v) is 4.88. The summed E-state index contributed by atoms with van der Waals surface area (Å²) in [5, 5.41) is 10.9. The van der Waals surface area contributed by atoms with Crippen LogP contribution in [-0.2, 0) is 13.9 Å². The maximum absolute atomic E-state index is 11.1. The Hall–Kier alpha value is -0.420. The van der Waals surface area contributed by atoms with Crippen LogP contribution in [0.5, 0.6) is 0 Å². The van der Waals surface area contributed by atoms with Gasteiger partial charge in [-0.2, -0.15) is 0 Å². The van der Waals surface area contributed by atoms with Crippen molar-refractivity contribution in [2.45, 2.75) is 25.7 Å². The standard InChI is InChI=1S/C6H14NO5P/c1-4(8)6(9)7-5(2)13(10,11)12-3/h4-5,8H,1-3H3,(H,7,9)(H,10,11)/t4-,5-/m1/s1. The molecule has 6 nitrogen and oxygen atoms in total. The van der Waals surface area contributed by atoms with Gasteiger partial charge in [0.15, 0.2) is 0 Å². The third-order valence-corrected chi connectivity index (χ3v) is 3.11. The van der Waals surface area contributed by atoms with E-state index < -0.39 is 25.4 Å². The Morgan fingerprint density at radius 3 is 2.31 bits per heavy atom. The number of aliphatic hydroxyl groups is 1. The molecule has 13 heavy (non-hydrogen) atoms. The van der Waals surface area contributed by atoms with E-state index in [1.807, 2.05) is 0 Å². The lowest BCUT2D eigenvalue weighted by Gasteiger charge is -2.18. The summed E-state index contributed by atoms with van der Waals surface area (Å²) in [6.07, 6.45) is -1.21. The first-order chi connectivity index (χ1) is 5.81. The van der Waals surface area contributed by atoms with Crippen LogP contribution in [0.15, 0.2) is 0 Å². The fourth-order valence-electron chi connectivity index (χ4n) is 0.566. The first kappa shape index (κ1) is 12.6. The van der Waals surface area contributed by atoms with Crippen molar-refractivity contribution in [2.75, 3.05) is 7.11 Å². The summed E-state index contributed by atoms with van der Waals surface area (Å²) in [6, 6.07) is 0. The molecule has 0 aromatic rings. The lowest BCUT2D eigenvalue weighted by Crippen LogP contribution is -2.38. The van der Waals surface area contributed by atoms with Gasteiger partial charge in [0.1, 0.15) is 11.9 Å². The molecule has 0 saturated carbocycles. The van der Waals surface area contributed by atoms with Gasteiger partial charge >= 0.3 is 7.60 Å². The van der Waals surface area contributed by atoms with Crippen LogP contribution in [0.4, 0.5) is 0 Å². The van der Waals surface area contributed by atoms with E-state index in [0.717, 1.165) is 7.11 Å². The van der Waals surface area contributed by atoms with E-state index >= 15 is 0 Å². The molecule has 3 atom stereocenters. The largest absolute Gasteiger partial charge is 0.384 e. The van der Waals surface area contributed by atoms with Gasteiger partial charge in [0.2, 0.25) is 5.91 Å². The molecule has 0 aromatic carbocycles. The van der Waals surface area contributed by atoms with E-state index in [-0.39, 0.29) is 0 Å². The Bertz CT molecular complexity index is 229. The van der Waals surface area contributed by atoms with E-state index in [1.165, 1.54) is 13.8 Å². The van der Waals surface area contributed by atoms with Crippen molar-refractivity contribution in [3.05, 3.63) is 0 Å². The van der Waals surface area contributed by atoms with Crippen LogP contribution in [0, 0.1) is 0 Å². The molecule has 0 heterocycles. The van der Waals surface area contributed by atoms with Crippen molar-refractivity contribution in [3.63, 3.8) is 0 Å². The quantitative estimate of drug-likeness (QED) is 0.553. The molecule has 0 aliphatic rings. The highest BCUT2D eigenvalue weighted by molar-refractivity contribution is 7.53. The number of amides is 1. The number of rotatable bonds is 4. The van der Waals surface area contributed by atoms with Gasteiger partial charge in [-0.25, -0.2) is 0 Å². The van der Waals surface area contributed by atoms with Gasteiger partial charge in [-0.05, 0) is 13.8 Å². The monoisotopic (exact) mass is 211 g/mol. The average Bonchev–Trinajstić information content (AvgIpc) is 2.04. The fourth-order valence-corrected chi connectivity index (χ4v) is 1.17. The number of aliphatic hydroxyl groups excluding tert-OH is 1. The van der Waals surface area contributed by atoms with Crippen LogP contribution >= 0.6 is 7.60 Å². The molecular formula is C6H14NO5P. The zero-order chi connectivity index (χ0) is 10.6. The number of carbonyl (C=O) groups is 1. The Kier molecular flexibility index (Phi) is 4.56. The lowest BCUT2D eigenvalue weighted by atomic mass is 10.4. The minimum atomic E-state index is -3.80. The maximum atomic E-state index is 11.1. The highest BCUT2D eigenvalue weighted by Gasteiger charge is 2.29. The fraction of sp³-hybridized carbons (Fsp3) is 0.833. The molecule has 0 saturated heterocycles. The van der Waals surface area contributed by atoms with Crippen molar-refractivity contribution in [3.8, 4) is 0 Å². The summed E-state index contributed by atoms with van der Waals surface area (Å²) in [5.74, 6) is -1.74. The van der Waals surface area contributed by atoms with Crippen LogP contribution < -0.4 is 5.32 Å². The molecule has 1 unspecified atom stereocenters. The smallest absolute Gasteiger partial charge is 0.349 e. The average molecular weight is 211 g/mol. The van der Waals surface area contributed by atoms with Crippen LogP contribution in [0.1, 0.15) is 13.8 Å². The molecule has 0 bridgehead atoms. The molecular weight excluding hydrogens is 197 g/mol. The number of hydrogen-bond acceptors (Lipinski definition) is 4. The van der Waals surface area contributed by atoms with Crippen LogP contribution in [0.25, 0.3) is 0 Å². The van der Waals surface area contributed by atoms with Crippen molar-refractivity contribution < 1.29 is 23.9 Å². The SMILES string of the molecule is COP(=O)(O)[C@H](C)NC(=O)[C@@H](C)O. The lowest BCUT2D eigenvalue weighted by molar-refractivity contribution is -0.128. The molecule has 7 heteroatoms. The third kappa shape index (κ3) is 3.87. The maximum Gasteiger partial charge on any atom is 0.349 e. The Morgan fingerprint density at radius 1 is 1.54 bits per heavy atom. The minimum absolute atomic E-state index is 0.709. The highest BCUT2D eigenvalue weighted by Crippen LogP contribution is 2.44. The van der Waals surface area contributed by atoms with Gasteiger partial charge < -0.3 is 19.8 Å². The van der Waals surface area contributed by atoms with E-state index in [2.05, 4.69) is 9.84 Å². The second-order valence-electron chi connectivity index (χ2n) is 2.61. The van der Waals surface area contributed by atoms with E-state index in [9.17, 15) is 9.36 Å². The van der Waals surface area contributed by atoms with Gasteiger partial charge in [0.05, 0.1) is 0 Å². The molecule has 0 spiro atoms. The van der Waals surface area contributed by atoms with E-state index in [0.29, 0.717) is 0 Å². The Labute approximate surface area is 76.4 Å². The van der Waals surface area contributed by atoms with Crippen molar-refractivity contribution >= 4 is 13.5 Å². The summed E-state index contributed by atoms with van der Waals surface area (Å²) in [5.41, 5.74) is 0. The molecule has 0 aromatic heterocycles.